The van der Waals surface area contributed by atoms with Crippen molar-refractivity contribution in [2.24, 2.45) is 0 Å². The van der Waals surface area contributed by atoms with E-state index in [0.29, 0.717) is 11.6 Å². The molecule has 0 bridgehead atoms. The van der Waals surface area contributed by atoms with E-state index in [-0.39, 0.29) is 24.4 Å². The Kier molecular flexibility index (Phi) is 7.01. The molecule has 1 fully saturated rings. The summed E-state index contributed by atoms with van der Waals surface area (Å²) in [5.41, 5.74) is 3.80. The molecule has 2 amide bonds. The van der Waals surface area contributed by atoms with Gasteiger partial charge in [-0.15, -0.1) is 0 Å². The lowest BCUT2D eigenvalue weighted by Crippen LogP contribution is -2.47. The minimum atomic E-state index is -1.27. The second kappa shape index (κ2) is 10.1. The van der Waals surface area contributed by atoms with Crippen LogP contribution in [0.1, 0.15) is 65.0 Å². The fourth-order valence-corrected chi connectivity index (χ4v) is 4.33. The van der Waals surface area contributed by atoms with Crippen molar-refractivity contribution in [1.82, 2.24) is 20.2 Å². The first-order valence-electron chi connectivity index (χ1n) is 11.5. The van der Waals surface area contributed by atoms with Crippen LogP contribution in [0.25, 0.3) is 0 Å². The van der Waals surface area contributed by atoms with Gasteiger partial charge in [-0.2, -0.15) is 0 Å². The van der Waals surface area contributed by atoms with Crippen molar-refractivity contribution in [2.75, 3.05) is 6.54 Å². The van der Waals surface area contributed by atoms with E-state index in [4.69, 9.17) is 0 Å². The molecule has 1 aliphatic heterocycles. The molecule has 34 heavy (non-hydrogen) atoms. The first-order valence-corrected chi connectivity index (χ1v) is 11.5. The zero-order valence-electron chi connectivity index (χ0n) is 19.6. The SMILES string of the molecule is Cc1ncncc1C(=O)N1CC(F)CC1C(=O)NC(c1ccccc1)c1ccc(C(C)C)cc1. The number of aromatic nitrogens is 2. The molecule has 0 saturated carbocycles. The van der Waals surface area contributed by atoms with Crippen LogP contribution >= 0.6 is 0 Å². The number of hydrogen-bond donors (Lipinski definition) is 1. The molecule has 0 radical (unpaired) electrons. The van der Waals surface area contributed by atoms with Gasteiger partial charge in [0, 0.05) is 12.6 Å². The van der Waals surface area contributed by atoms with Crippen molar-refractivity contribution >= 4 is 11.8 Å². The average molecular weight is 461 g/mol. The molecule has 7 heteroatoms. The van der Waals surface area contributed by atoms with Crippen LogP contribution in [-0.2, 0) is 4.79 Å². The van der Waals surface area contributed by atoms with Gasteiger partial charge in [0.15, 0.2) is 0 Å². The van der Waals surface area contributed by atoms with Gasteiger partial charge in [-0.1, -0.05) is 68.4 Å². The zero-order chi connectivity index (χ0) is 24.2. The van der Waals surface area contributed by atoms with Crippen molar-refractivity contribution in [3.8, 4) is 0 Å². The first kappa shape index (κ1) is 23.5. The van der Waals surface area contributed by atoms with Gasteiger partial charge in [0.05, 0.1) is 23.8 Å². The maximum absolute atomic E-state index is 14.5. The van der Waals surface area contributed by atoms with Crippen LogP contribution in [0, 0.1) is 6.92 Å². The summed E-state index contributed by atoms with van der Waals surface area (Å²) < 4.78 is 14.5. The second-order valence-corrected chi connectivity index (χ2v) is 9.00. The quantitative estimate of drug-likeness (QED) is 0.593. The Bertz CT molecular complexity index is 1150. The lowest BCUT2D eigenvalue weighted by atomic mass is 9.95. The molecule has 3 unspecified atom stereocenters. The fraction of sp³-hybridized carbons (Fsp3) is 0.333. The van der Waals surface area contributed by atoms with E-state index in [0.717, 1.165) is 11.1 Å². The summed E-state index contributed by atoms with van der Waals surface area (Å²) in [5, 5.41) is 3.08. The number of rotatable bonds is 6. The first-order chi connectivity index (χ1) is 16.3. The number of nitrogens with zero attached hydrogens (tertiary/aromatic N) is 3. The second-order valence-electron chi connectivity index (χ2n) is 9.00. The molecule has 0 aliphatic carbocycles. The van der Waals surface area contributed by atoms with Crippen LogP contribution in [0.15, 0.2) is 67.1 Å². The molecule has 4 rings (SSSR count). The van der Waals surface area contributed by atoms with Gasteiger partial charge in [0.2, 0.25) is 5.91 Å². The summed E-state index contributed by atoms with van der Waals surface area (Å²) in [6.45, 7) is 5.82. The predicted molar refractivity (Wildman–Crippen MR) is 128 cm³/mol. The Labute approximate surface area is 199 Å². The van der Waals surface area contributed by atoms with E-state index < -0.39 is 24.2 Å². The number of aryl methyl sites for hydroxylation is 1. The molecule has 2 aromatic carbocycles. The largest absolute Gasteiger partial charge is 0.343 e. The molecule has 3 atom stereocenters. The van der Waals surface area contributed by atoms with E-state index in [1.807, 2.05) is 42.5 Å². The Morgan fingerprint density at radius 2 is 1.68 bits per heavy atom. The van der Waals surface area contributed by atoms with Crippen molar-refractivity contribution in [3.63, 3.8) is 0 Å². The molecule has 176 valence electrons. The van der Waals surface area contributed by atoms with Gasteiger partial charge >= 0.3 is 0 Å². The maximum Gasteiger partial charge on any atom is 0.258 e. The highest BCUT2D eigenvalue weighted by Crippen LogP contribution is 2.28. The molecule has 1 aliphatic rings. The third kappa shape index (κ3) is 4.98. The number of carbonyl (C=O) groups excluding carboxylic acids is 2. The number of nitrogens with one attached hydrogen (secondary N) is 1. The molecule has 1 saturated heterocycles. The van der Waals surface area contributed by atoms with Gasteiger partial charge in [-0.25, -0.2) is 14.4 Å². The van der Waals surface area contributed by atoms with Crippen LogP contribution < -0.4 is 5.32 Å². The third-order valence-electron chi connectivity index (χ3n) is 6.31. The lowest BCUT2D eigenvalue weighted by molar-refractivity contribution is -0.125. The number of alkyl halides is 1. The van der Waals surface area contributed by atoms with Crippen LogP contribution in [0.4, 0.5) is 4.39 Å². The van der Waals surface area contributed by atoms with Crippen LogP contribution in [0.2, 0.25) is 0 Å². The molecule has 3 aromatic rings. The molecular formula is C27H29FN4O2. The Morgan fingerprint density at radius 1 is 1.03 bits per heavy atom. The number of halogens is 1. The predicted octanol–water partition coefficient (Wildman–Crippen LogP) is 4.37. The van der Waals surface area contributed by atoms with E-state index in [2.05, 4.69) is 41.3 Å². The third-order valence-corrected chi connectivity index (χ3v) is 6.31. The standard InChI is InChI=1S/C27H29FN4O2/c1-17(2)19-9-11-21(12-10-19)25(20-7-5-4-6-8-20)31-26(33)24-13-22(28)15-32(24)27(34)23-14-29-16-30-18(23)3/h4-12,14,16-17,22,24-25H,13,15H2,1-3H3,(H,31,33). The van der Waals surface area contributed by atoms with Crippen molar-refractivity contribution in [3.05, 3.63) is 95.1 Å². The highest BCUT2D eigenvalue weighted by atomic mass is 19.1. The smallest absolute Gasteiger partial charge is 0.258 e. The van der Waals surface area contributed by atoms with E-state index in [1.165, 1.54) is 23.0 Å². The summed E-state index contributed by atoms with van der Waals surface area (Å²) in [6, 6.07) is 16.4. The number of likely N-dealkylation sites (tertiary alicyclic amines) is 1. The molecular weight excluding hydrogens is 431 g/mol. The summed E-state index contributed by atoms with van der Waals surface area (Å²) in [4.78, 5) is 35.9. The maximum atomic E-state index is 14.5. The molecule has 0 spiro atoms. The Morgan fingerprint density at radius 3 is 2.32 bits per heavy atom. The van der Waals surface area contributed by atoms with Gasteiger partial charge in [-0.3, -0.25) is 9.59 Å². The Balaban J connectivity index is 1.61. The van der Waals surface area contributed by atoms with Crippen LogP contribution in [0.3, 0.4) is 0 Å². The van der Waals surface area contributed by atoms with Gasteiger partial charge in [0.1, 0.15) is 18.5 Å². The fourth-order valence-electron chi connectivity index (χ4n) is 4.33. The molecule has 2 heterocycles. The van der Waals surface area contributed by atoms with Gasteiger partial charge < -0.3 is 10.2 Å². The van der Waals surface area contributed by atoms with Crippen LogP contribution in [0.5, 0.6) is 0 Å². The van der Waals surface area contributed by atoms with Crippen molar-refractivity contribution < 1.29 is 14.0 Å². The minimum absolute atomic E-state index is 0.0435. The molecule has 1 N–H and O–H groups in total. The summed E-state index contributed by atoms with van der Waals surface area (Å²) in [6.07, 6.45) is 1.45. The van der Waals surface area contributed by atoms with E-state index in [9.17, 15) is 14.0 Å². The molecule has 6 nitrogen and oxygen atoms in total. The summed E-state index contributed by atoms with van der Waals surface area (Å²) in [5.74, 6) is -0.426. The molecule has 1 aromatic heterocycles. The van der Waals surface area contributed by atoms with Crippen molar-refractivity contribution in [1.29, 1.82) is 0 Å². The summed E-state index contributed by atoms with van der Waals surface area (Å²) in [7, 11) is 0. The monoisotopic (exact) mass is 460 g/mol. The van der Waals surface area contributed by atoms with Gasteiger partial charge in [-0.05, 0) is 29.5 Å². The zero-order valence-corrected chi connectivity index (χ0v) is 19.6. The summed E-state index contributed by atoms with van der Waals surface area (Å²) >= 11 is 0. The van der Waals surface area contributed by atoms with E-state index >= 15 is 0 Å². The normalized spacial score (nSPS) is 18.7. The highest BCUT2D eigenvalue weighted by molar-refractivity contribution is 5.98. The number of carbonyl (C=O) groups is 2. The number of amides is 2. The van der Waals surface area contributed by atoms with E-state index in [1.54, 1.807) is 6.92 Å². The average Bonchev–Trinajstić information content (AvgIpc) is 3.24. The van der Waals surface area contributed by atoms with Crippen molar-refractivity contribution in [2.45, 2.75) is 51.4 Å². The topological polar surface area (TPSA) is 75.2 Å². The number of hydrogen-bond acceptors (Lipinski definition) is 4. The van der Waals surface area contributed by atoms with Crippen LogP contribution in [-0.4, -0.2) is 45.4 Å². The number of benzene rings is 2. The minimum Gasteiger partial charge on any atom is -0.343 e. The lowest BCUT2D eigenvalue weighted by Gasteiger charge is -2.27. The highest BCUT2D eigenvalue weighted by Gasteiger charge is 2.41. The van der Waals surface area contributed by atoms with Gasteiger partial charge in [0.25, 0.3) is 5.91 Å². The Hall–Kier alpha value is -3.61.